The summed E-state index contributed by atoms with van der Waals surface area (Å²) >= 11 is 0. The van der Waals surface area contributed by atoms with E-state index in [0.717, 1.165) is 22.5 Å². The molecule has 2 N–H and O–H groups in total. The third-order valence-corrected chi connectivity index (χ3v) is 11.6. The van der Waals surface area contributed by atoms with Crippen LogP contribution < -0.4 is 30.2 Å². The summed E-state index contributed by atoms with van der Waals surface area (Å²) in [5.41, 5.74) is 4.46. The number of carbonyl (C=O) groups excluding carboxylic acids is 2. The topological polar surface area (TPSA) is 200 Å². The van der Waals surface area contributed by atoms with Gasteiger partial charge in [0.2, 0.25) is 17.8 Å². The normalized spacial score (nSPS) is 20.7. The van der Waals surface area contributed by atoms with Crippen LogP contribution in [0.4, 0.5) is 31.9 Å². The van der Waals surface area contributed by atoms with Crippen LogP contribution in [0.3, 0.4) is 0 Å². The number of aromatic nitrogens is 10. The minimum Gasteiger partial charge on any atom is -0.360 e. The van der Waals surface area contributed by atoms with Gasteiger partial charge < -0.3 is 30.2 Å². The molecule has 0 saturated carbocycles. The number of halogens is 2. The van der Waals surface area contributed by atoms with Gasteiger partial charge in [-0.1, -0.05) is 0 Å². The summed E-state index contributed by atoms with van der Waals surface area (Å²) in [6.07, 6.45) is 11.6. The van der Waals surface area contributed by atoms with Crippen LogP contribution in [-0.2, 0) is 22.4 Å². The lowest BCUT2D eigenvalue weighted by Gasteiger charge is -2.37. The smallest absolute Gasteiger partial charge is 0.239 e. The molecule has 6 aromatic rings. The third kappa shape index (κ3) is 8.93. The second kappa shape index (κ2) is 17.8. The molecule has 64 heavy (non-hydrogen) atoms. The maximum absolute atomic E-state index is 14.6. The van der Waals surface area contributed by atoms with Crippen molar-refractivity contribution in [1.82, 2.24) is 60.5 Å². The number of rotatable bonds is 6. The summed E-state index contributed by atoms with van der Waals surface area (Å²) < 4.78 is 29.1. The van der Waals surface area contributed by atoms with Crippen molar-refractivity contribution < 1.29 is 18.4 Å². The Morgan fingerprint density at radius 1 is 0.562 bits per heavy atom. The molecule has 0 radical (unpaired) electrons. The molecule has 2 amide bonds. The first kappa shape index (κ1) is 41.9. The largest absolute Gasteiger partial charge is 0.360 e. The molecule has 10 heterocycles. The summed E-state index contributed by atoms with van der Waals surface area (Å²) in [4.78, 5) is 75.7. The first-order chi connectivity index (χ1) is 30.9. The second-order valence-corrected chi connectivity index (χ2v) is 16.3. The molecule has 0 aromatic carbocycles. The molecule has 2 saturated heterocycles. The average molecular weight is 869 g/mol. The Labute approximate surface area is 367 Å². The fraction of sp³-hybridized carbons (Fsp3) is 0.364. The van der Waals surface area contributed by atoms with E-state index in [0.29, 0.717) is 85.5 Å². The van der Waals surface area contributed by atoms with Gasteiger partial charge >= 0.3 is 0 Å². The molecule has 10 rings (SSSR count). The molecule has 4 aliphatic heterocycles. The first-order valence-electron chi connectivity index (χ1n) is 21.2. The number of hydrogen-bond donors (Lipinski definition) is 2. The highest BCUT2D eigenvalue weighted by Crippen LogP contribution is 2.35. The van der Waals surface area contributed by atoms with Crippen molar-refractivity contribution in [2.24, 2.45) is 0 Å². The van der Waals surface area contributed by atoms with Crippen molar-refractivity contribution in [1.29, 1.82) is 0 Å². The Balaban J connectivity index is 0.000000162. The summed E-state index contributed by atoms with van der Waals surface area (Å²) in [6.45, 7) is 10.7. The number of fused-ring (bicyclic) bond motifs is 2. The van der Waals surface area contributed by atoms with E-state index in [2.05, 4.69) is 55.5 Å². The molecule has 4 aliphatic rings. The van der Waals surface area contributed by atoms with E-state index in [1.807, 2.05) is 53.4 Å². The van der Waals surface area contributed by atoms with E-state index < -0.39 is 5.95 Å². The molecule has 0 bridgehead atoms. The summed E-state index contributed by atoms with van der Waals surface area (Å²) in [7, 11) is 0. The number of hydrogen-bond acceptors (Lipinski definition) is 16. The zero-order chi connectivity index (χ0) is 44.5. The zero-order valence-corrected chi connectivity index (χ0v) is 35.7. The molecule has 20 heteroatoms. The highest BCUT2D eigenvalue weighted by Gasteiger charge is 2.31. The predicted octanol–water partition coefficient (Wildman–Crippen LogP) is 3.83. The van der Waals surface area contributed by atoms with Crippen LogP contribution in [0, 0.1) is 11.8 Å². The van der Waals surface area contributed by atoms with Crippen LogP contribution >= 0.6 is 0 Å². The molecule has 18 nitrogen and oxygen atoms in total. The lowest BCUT2D eigenvalue weighted by molar-refractivity contribution is -0.122. The summed E-state index contributed by atoms with van der Waals surface area (Å²) in [5.74, 6) is 2.39. The van der Waals surface area contributed by atoms with Crippen molar-refractivity contribution in [2.45, 2.75) is 64.7 Å². The van der Waals surface area contributed by atoms with Crippen LogP contribution in [0.25, 0.3) is 23.3 Å². The Morgan fingerprint density at radius 2 is 1.05 bits per heavy atom. The van der Waals surface area contributed by atoms with Gasteiger partial charge in [0, 0.05) is 129 Å². The Morgan fingerprint density at radius 3 is 1.58 bits per heavy atom. The van der Waals surface area contributed by atoms with E-state index in [4.69, 9.17) is 4.98 Å². The number of amides is 2. The number of nitrogens with zero attached hydrogens (tertiary/aromatic N) is 14. The van der Waals surface area contributed by atoms with Crippen molar-refractivity contribution in [3.8, 4) is 23.3 Å². The predicted molar refractivity (Wildman–Crippen MR) is 233 cm³/mol. The zero-order valence-electron chi connectivity index (χ0n) is 35.7. The van der Waals surface area contributed by atoms with Gasteiger partial charge in [-0.3, -0.25) is 9.59 Å². The van der Waals surface area contributed by atoms with Crippen LogP contribution in [0.5, 0.6) is 0 Å². The van der Waals surface area contributed by atoms with Gasteiger partial charge in [-0.05, 0) is 39.8 Å². The van der Waals surface area contributed by atoms with Crippen LogP contribution in [0.1, 0.15) is 62.3 Å². The molecule has 4 atom stereocenters. The van der Waals surface area contributed by atoms with E-state index in [1.165, 1.54) is 18.2 Å². The Bertz CT molecular complexity index is 2500. The minimum atomic E-state index is -0.568. The fourth-order valence-corrected chi connectivity index (χ4v) is 8.62. The number of piperazine rings is 2. The van der Waals surface area contributed by atoms with Gasteiger partial charge in [0.25, 0.3) is 0 Å². The van der Waals surface area contributed by atoms with E-state index in [9.17, 15) is 18.4 Å². The van der Waals surface area contributed by atoms with Crippen molar-refractivity contribution in [3.05, 3.63) is 108 Å². The second-order valence-electron chi connectivity index (χ2n) is 16.3. The molecule has 6 aromatic heterocycles. The van der Waals surface area contributed by atoms with Gasteiger partial charge in [-0.15, -0.1) is 0 Å². The van der Waals surface area contributed by atoms with Crippen molar-refractivity contribution in [2.75, 3.05) is 58.9 Å². The number of pyridine rings is 2. The summed E-state index contributed by atoms with van der Waals surface area (Å²) in [6, 6.07) is 9.35. The van der Waals surface area contributed by atoms with E-state index >= 15 is 0 Å². The Kier molecular flexibility index (Phi) is 11.6. The fourth-order valence-electron chi connectivity index (χ4n) is 8.62. The Hall–Kier alpha value is -7.38. The highest BCUT2D eigenvalue weighted by molar-refractivity contribution is 5.83. The van der Waals surface area contributed by atoms with Crippen LogP contribution in [0.15, 0.2) is 73.6 Å². The van der Waals surface area contributed by atoms with E-state index in [-0.39, 0.29) is 54.9 Å². The number of carbonyl (C=O) groups is 2. The molecular weight excluding hydrogens is 823 g/mol. The maximum atomic E-state index is 14.6. The van der Waals surface area contributed by atoms with Crippen molar-refractivity contribution >= 4 is 35.0 Å². The molecule has 2 fully saturated rings. The van der Waals surface area contributed by atoms with Crippen LogP contribution in [0.2, 0.25) is 0 Å². The lowest BCUT2D eigenvalue weighted by atomic mass is 9.99. The first-order valence-corrected chi connectivity index (χ1v) is 21.2. The SMILES string of the molecule is CC1CN(c2cc(F)cc(N3CCc4nc(-c5ncccn5)ncc4C3C)n2)CC(=O)N1.CC1CN(c2cc(F)nc(N3CCc4nc(-c5ncccn5)ncc4C3C)c2)CC(=O)N1. The molecule has 0 spiro atoms. The van der Waals surface area contributed by atoms with Crippen LogP contribution in [-0.4, -0.2) is 113 Å². The van der Waals surface area contributed by atoms with Crippen molar-refractivity contribution in [3.63, 3.8) is 0 Å². The summed E-state index contributed by atoms with van der Waals surface area (Å²) in [5, 5.41) is 5.75. The van der Waals surface area contributed by atoms with Gasteiger partial charge in [0.1, 0.15) is 23.3 Å². The molecule has 0 aliphatic carbocycles. The number of anilines is 4. The standard InChI is InChI=1S/2C22H23FN8O/c1-13-11-30(12-20(32)27-13)15-8-18(23)29-19(9-15)31-7-4-17-16(14(31)2)10-26-22(28-17)21-24-5-3-6-25-21;1-13-11-30(12-20(32)27-13)18-8-15(23)9-19(29-18)31-7-4-17-16(14(31)2)10-26-22(28-17)21-24-5-3-6-25-21/h2*3,5-6,8-10,13-14H,4,7,11-12H2,1-2H3,(H,27,32). The minimum absolute atomic E-state index is 0.00310. The van der Waals surface area contributed by atoms with E-state index in [1.54, 1.807) is 49.3 Å². The monoisotopic (exact) mass is 868 g/mol. The average Bonchev–Trinajstić information content (AvgIpc) is 3.29. The molecule has 328 valence electrons. The molecular formula is C44H46F2N16O2. The lowest BCUT2D eigenvalue weighted by Crippen LogP contribution is -2.53. The number of nitrogens with one attached hydrogen (secondary N) is 2. The molecule has 4 unspecified atom stereocenters. The highest BCUT2D eigenvalue weighted by atomic mass is 19.1. The van der Waals surface area contributed by atoms with Gasteiger partial charge in [0.05, 0.1) is 36.6 Å². The quantitative estimate of drug-likeness (QED) is 0.229. The van der Waals surface area contributed by atoms with Gasteiger partial charge in [-0.25, -0.2) is 54.2 Å². The van der Waals surface area contributed by atoms with Gasteiger partial charge in [0.15, 0.2) is 23.3 Å². The van der Waals surface area contributed by atoms with Gasteiger partial charge in [-0.2, -0.15) is 4.39 Å². The third-order valence-electron chi connectivity index (χ3n) is 11.6. The maximum Gasteiger partial charge on any atom is 0.239 e.